The summed E-state index contributed by atoms with van der Waals surface area (Å²) < 4.78 is 0. The summed E-state index contributed by atoms with van der Waals surface area (Å²) in [5, 5.41) is 2.87. The van der Waals surface area contributed by atoms with Gasteiger partial charge in [-0.1, -0.05) is 40.0 Å². The zero-order valence-electron chi connectivity index (χ0n) is 13.9. The molecule has 120 valence electrons. The quantitative estimate of drug-likeness (QED) is 0.870. The molecule has 0 aromatic rings. The number of hydrogen-bond acceptors (Lipinski definition) is 2. The van der Waals surface area contributed by atoms with Gasteiger partial charge in [0.15, 0.2) is 0 Å². The lowest BCUT2D eigenvalue weighted by Crippen LogP contribution is -2.64. The first-order valence-corrected chi connectivity index (χ1v) is 8.40. The molecule has 2 atom stereocenters. The van der Waals surface area contributed by atoms with Crippen LogP contribution >= 0.6 is 0 Å². The maximum absolute atomic E-state index is 12.6. The lowest BCUT2D eigenvalue weighted by atomic mass is 9.81. The van der Waals surface area contributed by atoms with Crippen molar-refractivity contribution in [2.24, 2.45) is 11.3 Å². The van der Waals surface area contributed by atoms with Crippen LogP contribution in [0.15, 0.2) is 0 Å². The fourth-order valence-corrected chi connectivity index (χ4v) is 3.51. The molecule has 2 aliphatic rings. The summed E-state index contributed by atoms with van der Waals surface area (Å²) in [4.78, 5) is 26.9. The predicted octanol–water partition coefficient (Wildman–Crippen LogP) is 2.72. The van der Waals surface area contributed by atoms with Gasteiger partial charge in [0.1, 0.15) is 12.1 Å². The van der Waals surface area contributed by atoms with E-state index in [1.807, 2.05) is 4.90 Å². The van der Waals surface area contributed by atoms with Crippen molar-refractivity contribution < 1.29 is 9.59 Å². The average molecular weight is 294 g/mol. The SMILES string of the molecule is CC1NC(=O)C(C2CCCCC2)N(CCC(C)(C)C)C1=O. The van der Waals surface area contributed by atoms with Gasteiger partial charge >= 0.3 is 0 Å². The molecule has 1 aliphatic carbocycles. The second-order valence-electron chi connectivity index (χ2n) is 7.92. The zero-order chi connectivity index (χ0) is 15.6. The maximum atomic E-state index is 12.6. The van der Waals surface area contributed by atoms with Gasteiger partial charge in [0, 0.05) is 6.54 Å². The molecule has 0 spiro atoms. The Labute approximate surface area is 128 Å². The molecule has 4 nitrogen and oxygen atoms in total. The molecule has 21 heavy (non-hydrogen) atoms. The maximum Gasteiger partial charge on any atom is 0.245 e. The summed E-state index contributed by atoms with van der Waals surface area (Å²) >= 11 is 0. The first kappa shape index (κ1) is 16.3. The van der Waals surface area contributed by atoms with Crippen molar-refractivity contribution in [1.29, 1.82) is 0 Å². The minimum Gasteiger partial charge on any atom is -0.343 e. The van der Waals surface area contributed by atoms with Crippen LogP contribution in [0, 0.1) is 11.3 Å². The predicted molar refractivity (Wildman–Crippen MR) is 83.8 cm³/mol. The van der Waals surface area contributed by atoms with Crippen molar-refractivity contribution in [2.75, 3.05) is 6.54 Å². The zero-order valence-corrected chi connectivity index (χ0v) is 13.9. The third-order valence-corrected chi connectivity index (χ3v) is 4.82. The van der Waals surface area contributed by atoms with Gasteiger partial charge in [0.2, 0.25) is 11.8 Å². The number of piperazine rings is 1. The molecule has 2 fully saturated rings. The Bertz CT molecular complexity index is 394. The molecular formula is C17H30N2O2. The van der Waals surface area contributed by atoms with E-state index in [9.17, 15) is 9.59 Å². The van der Waals surface area contributed by atoms with Gasteiger partial charge < -0.3 is 10.2 Å². The van der Waals surface area contributed by atoms with Crippen LogP contribution in [0.1, 0.15) is 66.2 Å². The van der Waals surface area contributed by atoms with E-state index >= 15 is 0 Å². The van der Waals surface area contributed by atoms with E-state index in [-0.39, 0.29) is 29.3 Å². The van der Waals surface area contributed by atoms with E-state index in [1.165, 1.54) is 19.3 Å². The van der Waals surface area contributed by atoms with Crippen LogP contribution in [-0.4, -0.2) is 35.3 Å². The Kier molecular flexibility index (Phi) is 4.95. The molecule has 1 aliphatic heterocycles. The second-order valence-corrected chi connectivity index (χ2v) is 7.92. The number of carbonyl (C=O) groups is 2. The summed E-state index contributed by atoms with van der Waals surface area (Å²) in [5.74, 6) is 0.493. The number of amides is 2. The normalized spacial score (nSPS) is 28.7. The van der Waals surface area contributed by atoms with Gasteiger partial charge in [0.05, 0.1) is 0 Å². The van der Waals surface area contributed by atoms with Crippen molar-refractivity contribution in [3.63, 3.8) is 0 Å². The number of hydrogen-bond donors (Lipinski definition) is 1. The van der Waals surface area contributed by atoms with Crippen LogP contribution in [0.3, 0.4) is 0 Å². The standard InChI is InChI=1S/C17H30N2O2/c1-12-16(21)19(11-10-17(2,3)4)14(15(20)18-12)13-8-6-5-7-9-13/h12-14H,5-11H2,1-4H3,(H,18,20). The van der Waals surface area contributed by atoms with Crippen LogP contribution in [-0.2, 0) is 9.59 Å². The summed E-state index contributed by atoms with van der Waals surface area (Å²) in [6.07, 6.45) is 6.72. The molecule has 1 saturated heterocycles. The Hall–Kier alpha value is -1.06. The van der Waals surface area contributed by atoms with Crippen molar-refractivity contribution in [3.05, 3.63) is 0 Å². The third-order valence-electron chi connectivity index (χ3n) is 4.82. The van der Waals surface area contributed by atoms with Crippen LogP contribution in [0.2, 0.25) is 0 Å². The fraction of sp³-hybridized carbons (Fsp3) is 0.882. The minimum absolute atomic E-state index is 0.0582. The van der Waals surface area contributed by atoms with Crippen LogP contribution < -0.4 is 5.32 Å². The summed E-state index contributed by atoms with van der Waals surface area (Å²) in [7, 11) is 0. The molecule has 2 rings (SSSR count). The molecule has 1 N–H and O–H groups in total. The Morgan fingerprint density at radius 3 is 2.33 bits per heavy atom. The lowest BCUT2D eigenvalue weighted by Gasteiger charge is -2.43. The van der Waals surface area contributed by atoms with Gasteiger partial charge in [-0.2, -0.15) is 0 Å². The first-order valence-electron chi connectivity index (χ1n) is 8.40. The molecule has 0 bridgehead atoms. The van der Waals surface area contributed by atoms with Gasteiger partial charge in [-0.05, 0) is 37.5 Å². The summed E-state index contributed by atoms with van der Waals surface area (Å²) in [6.45, 7) is 9.03. The molecule has 1 heterocycles. The highest BCUT2D eigenvalue weighted by Crippen LogP contribution is 2.32. The van der Waals surface area contributed by atoms with Crippen molar-refractivity contribution >= 4 is 11.8 Å². The summed E-state index contributed by atoms with van der Waals surface area (Å²) in [5.41, 5.74) is 0.175. The van der Waals surface area contributed by atoms with Gasteiger partial charge in [-0.25, -0.2) is 0 Å². The smallest absolute Gasteiger partial charge is 0.245 e. The van der Waals surface area contributed by atoms with E-state index in [1.54, 1.807) is 6.92 Å². The highest BCUT2D eigenvalue weighted by Gasteiger charge is 2.42. The number of carbonyl (C=O) groups excluding carboxylic acids is 2. The highest BCUT2D eigenvalue weighted by molar-refractivity contribution is 5.96. The molecule has 2 unspecified atom stereocenters. The molecule has 0 aromatic carbocycles. The van der Waals surface area contributed by atoms with Crippen LogP contribution in [0.5, 0.6) is 0 Å². The molecule has 1 saturated carbocycles. The van der Waals surface area contributed by atoms with Crippen LogP contribution in [0.25, 0.3) is 0 Å². The number of nitrogens with one attached hydrogen (secondary N) is 1. The topological polar surface area (TPSA) is 49.4 Å². The highest BCUT2D eigenvalue weighted by atomic mass is 16.2. The average Bonchev–Trinajstić information content (AvgIpc) is 2.41. The van der Waals surface area contributed by atoms with Crippen LogP contribution in [0.4, 0.5) is 0 Å². The summed E-state index contributed by atoms with van der Waals surface area (Å²) in [6, 6.07) is -0.617. The van der Waals surface area contributed by atoms with E-state index in [0.29, 0.717) is 12.5 Å². The molecule has 0 radical (unpaired) electrons. The van der Waals surface area contributed by atoms with E-state index in [4.69, 9.17) is 0 Å². The van der Waals surface area contributed by atoms with E-state index in [0.717, 1.165) is 19.3 Å². The Morgan fingerprint density at radius 2 is 1.76 bits per heavy atom. The van der Waals surface area contributed by atoms with Gasteiger partial charge in [0.25, 0.3) is 0 Å². The molecule has 2 amide bonds. The molecule has 0 aromatic heterocycles. The van der Waals surface area contributed by atoms with Crippen molar-refractivity contribution in [3.8, 4) is 0 Å². The van der Waals surface area contributed by atoms with E-state index < -0.39 is 0 Å². The number of rotatable bonds is 3. The van der Waals surface area contributed by atoms with Crippen molar-refractivity contribution in [2.45, 2.75) is 78.3 Å². The monoisotopic (exact) mass is 294 g/mol. The lowest BCUT2D eigenvalue weighted by molar-refractivity contribution is -0.152. The van der Waals surface area contributed by atoms with E-state index in [2.05, 4.69) is 26.1 Å². The third kappa shape index (κ3) is 3.98. The molecule has 4 heteroatoms. The van der Waals surface area contributed by atoms with Gasteiger partial charge in [-0.3, -0.25) is 9.59 Å². The fourth-order valence-electron chi connectivity index (χ4n) is 3.51. The molecular weight excluding hydrogens is 264 g/mol. The van der Waals surface area contributed by atoms with Gasteiger partial charge in [-0.15, -0.1) is 0 Å². The minimum atomic E-state index is -0.377. The van der Waals surface area contributed by atoms with Crippen molar-refractivity contribution in [1.82, 2.24) is 10.2 Å². The Morgan fingerprint density at radius 1 is 1.14 bits per heavy atom. The second kappa shape index (κ2) is 6.37. The largest absolute Gasteiger partial charge is 0.343 e. The number of nitrogens with zero attached hydrogens (tertiary/aromatic N) is 1. The Balaban J connectivity index is 2.15. The first-order chi connectivity index (χ1) is 9.79.